The Bertz CT molecular complexity index is 884. The van der Waals surface area contributed by atoms with Crippen molar-refractivity contribution in [3.8, 4) is 5.75 Å². The number of amides is 1. The molecule has 0 aliphatic carbocycles. The molecule has 1 aromatic carbocycles. The predicted octanol–water partition coefficient (Wildman–Crippen LogP) is 3.15. The summed E-state index contributed by atoms with van der Waals surface area (Å²) in [7, 11) is -0.814. The van der Waals surface area contributed by atoms with E-state index in [2.05, 4.69) is 16.6 Å². The maximum absolute atomic E-state index is 12.9. The third kappa shape index (κ3) is 5.43. The van der Waals surface area contributed by atoms with Crippen LogP contribution in [0, 0.1) is 0 Å². The lowest BCUT2D eigenvalue weighted by molar-refractivity contribution is 0.0789. The van der Waals surface area contributed by atoms with Crippen LogP contribution in [0.15, 0.2) is 47.6 Å². The summed E-state index contributed by atoms with van der Waals surface area (Å²) in [6.45, 7) is 2.66. The summed E-state index contributed by atoms with van der Waals surface area (Å²) in [4.78, 5) is 18.2. The standard InChI is InChI=1S/C19H25N3O4S/c1-4-5-8-11-22(2)19(23)17-9-6-7-10-18(17)27(24,25)21-15-12-16(26-3)14-20-13-15/h6-7,9-10,12-14,21H,4-5,8,11H2,1-3H3. The number of hydrogen-bond donors (Lipinski definition) is 1. The summed E-state index contributed by atoms with van der Waals surface area (Å²) >= 11 is 0. The second-order valence-electron chi connectivity index (χ2n) is 6.15. The lowest BCUT2D eigenvalue weighted by atomic mass is 10.2. The third-order valence-electron chi connectivity index (χ3n) is 4.05. The number of methoxy groups -OCH3 is 1. The highest BCUT2D eigenvalue weighted by atomic mass is 32.2. The fraction of sp³-hybridized carbons (Fsp3) is 0.368. The van der Waals surface area contributed by atoms with E-state index in [0.29, 0.717) is 12.3 Å². The van der Waals surface area contributed by atoms with Gasteiger partial charge in [0.1, 0.15) is 10.6 Å². The van der Waals surface area contributed by atoms with Crippen molar-refractivity contribution in [2.45, 2.75) is 31.1 Å². The quantitative estimate of drug-likeness (QED) is 0.663. The second-order valence-corrected chi connectivity index (χ2v) is 7.80. The number of carbonyl (C=O) groups excluding carboxylic acids is 1. The van der Waals surface area contributed by atoms with Crippen molar-refractivity contribution in [2.24, 2.45) is 0 Å². The molecule has 27 heavy (non-hydrogen) atoms. The normalized spacial score (nSPS) is 11.1. The minimum atomic E-state index is -3.97. The van der Waals surface area contributed by atoms with Crippen molar-refractivity contribution >= 4 is 21.6 Å². The maximum atomic E-state index is 12.9. The number of ether oxygens (including phenoxy) is 1. The zero-order chi connectivity index (χ0) is 19.9. The molecule has 0 saturated heterocycles. The number of anilines is 1. The molecule has 0 spiro atoms. The van der Waals surface area contributed by atoms with Crippen LogP contribution >= 0.6 is 0 Å². The fourth-order valence-corrected chi connectivity index (χ4v) is 3.81. The van der Waals surface area contributed by atoms with Crippen molar-refractivity contribution in [3.63, 3.8) is 0 Å². The van der Waals surface area contributed by atoms with Gasteiger partial charge in [0, 0.05) is 19.7 Å². The van der Waals surface area contributed by atoms with Crippen LogP contribution in [-0.4, -0.2) is 44.9 Å². The van der Waals surface area contributed by atoms with Crippen LogP contribution in [0.2, 0.25) is 0 Å². The van der Waals surface area contributed by atoms with E-state index < -0.39 is 10.0 Å². The van der Waals surface area contributed by atoms with Crippen LogP contribution in [0.5, 0.6) is 5.75 Å². The van der Waals surface area contributed by atoms with Gasteiger partial charge in [-0.1, -0.05) is 31.9 Å². The highest BCUT2D eigenvalue weighted by Crippen LogP contribution is 2.22. The van der Waals surface area contributed by atoms with E-state index in [-0.39, 0.29) is 22.1 Å². The Morgan fingerprint density at radius 2 is 1.96 bits per heavy atom. The molecular weight excluding hydrogens is 366 g/mol. The van der Waals surface area contributed by atoms with Gasteiger partial charge in [-0.2, -0.15) is 0 Å². The van der Waals surface area contributed by atoms with Crippen LogP contribution in [0.3, 0.4) is 0 Å². The first-order valence-electron chi connectivity index (χ1n) is 8.75. The van der Waals surface area contributed by atoms with Gasteiger partial charge in [-0.15, -0.1) is 0 Å². The largest absolute Gasteiger partial charge is 0.495 e. The SMILES string of the molecule is CCCCCN(C)C(=O)c1ccccc1S(=O)(=O)Nc1cncc(OC)c1. The molecule has 0 unspecified atom stereocenters. The molecule has 8 heteroatoms. The number of sulfonamides is 1. The molecule has 0 fully saturated rings. The Balaban J connectivity index is 2.28. The van der Waals surface area contributed by atoms with Gasteiger partial charge in [-0.25, -0.2) is 8.42 Å². The van der Waals surface area contributed by atoms with Gasteiger partial charge in [0.25, 0.3) is 15.9 Å². The summed E-state index contributed by atoms with van der Waals surface area (Å²) in [6, 6.07) is 7.71. The first kappa shape index (κ1) is 20.7. The van der Waals surface area contributed by atoms with Gasteiger partial charge in [-0.3, -0.25) is 14.5 Å². The Morgan fingerprint density at radius 3 is 2.67 bits per heavy atom. The summed E-state index contributed by atoms with van der Waals surface area (Å²) in [5.74, 6) is 0.103. The molecule has 0 bridgehead atoms. The molecule has 0 atom stereocenters. The summed E-state index contributed by atoms with van der Waals surface area (Å²) in [5, 5.41) is 0. The summed E-state index contributed by atoms with van der Waals surface area (Å²) in [5.41, 5.74) is 0.396. The molecule has 1 heterocycles. The van der Waals surface area contributed by atoms with Gasteiger partial charge in [0.15, 0.2) is 0 Å². The predicted molar refractivity (Wildman–Crippen MR) is 105 cm³/mol. The molecule has 1 amide bonds. The second kappa shape index (κ2) is 9.36. The van der Waals surface area contributed by atoms with Crippen LogP contribution in [0.4, 0.5) is 5.69 Å². The lowest BCUT2D eigenvalue weighted by Crippen LogP contribution is -2.29. The van der Waals surface area contributed by atoms with Crippen molar-refractivity contribution in [1.82, 2.24) is 9.88 Å². The molecule has 146 valence electrons. The van der Waals surface area contributed by atoms with Gasteiger partial charge in [0.2, 0.25) is 0 Å². The number of pyridine rings is 1. The molecule has 7 nitrogen and oxygen atoms in total. The number of rotatable bonds is 9. The minimum absolute atomic E-state index is 0.0693. The molecule has 0 radical (unpaired) electrons. The van der Waals surface area contributed by atoms with E-state index >= 15 is 0 Å². The first-order chi connectivity index (χ1) is 12.9. The van der Waals surface area contributed by atoms with Gasteiger partial charge < -0.3 is 9.64 Å². The van der Waals surface area contributed by atoms with E-state index in [9.17, 15) is 13.2 Å². The van der Waals surface area contributed by atoms with E-state index in [1.807, 2.05) is 0 Å². The Hall–Kier alpha value is -2.61. The van der Waals surface area contributed by atoms with Crippen LogP contribution in [0.25, 0.3) is 0 Å². The molecule has 1 N–H and O–H groups in total. The van der Waals surface area contributed by atoms with E-state index in [0.717, 1.165) is 19.3 Å². The molecule has 1 aromatic heterocycles. The summed E-state index contributed by atoms with van der Waals surface area (Å²) < 4.78 is 33.2. The topological polar surface area (TPSA) is 88.6 Å². The maximum Gasteiger partial charge on any atom is 0.262 e. The van der Waals surface area contributed by atoms with Gasteiger partial charge in [0.05, 0.1) is 30.8 Å². The first-order valence-corrected chi connectivity index (χ1v) is 10.2. The zero-order valence-corrected chi connectivity index (χ0v) is 16.6. The number of benzene rings is 1. The van der Waals surface area contributed by atoms with Crippen LogP contribution < -0.4 is 9.46 Å². The van der Waals surface area contributed by atoms with Crippen molar-refractivity contribution < 1.29 is 17.9 Å². The zero-order valence-electron chi connectivity index (χ0n) is 15.8. The highest BCUT2D eigenvalue weighted by Gasteiger charge is 2.24. The van der Waals surface area contributed by atoms with Crippen molar-refractivity contribution in [2.75, 3.05) is 25.4 Å². The number of nitrogens with one attached hydrogen (secondary N) is 1. The molecular formula is C19H25N3O4S. The van der Waals surface area contributed by atoms with Crippen LogP contribution in [0.1, 0.15) is 36.5 Å². The Kier molecular flexibility index (Phi) is 7.18. The van der Waals surface area contributed by atoms with Crippen molar-refractivity contribution in [1.29, 1.82) is 0 Å². The minimum Gasteiger partial charge on any atom is -0.495 e. The number of carbonyl (C=O) groups is 1. The summed E-state index contributed by atoms with van der Waals surface area (Å²) in [6.07, 6.45) is 5.79. The molecule has 0 aliphatic heterocycles. The van der Waals surface area contributed by atoms with Gasteiger partial charge in [-0.05, 0) is 18.6 Å². The molecule has 2 rings (SSSR count). The highest BCUT2D eigenvalue weighted by molar-refractivity contribution is 7.92. The number of nitrogens with zero attached hydrogens (tertiary/aromatic N) is 2. The Morgan fingerprint density at radius 1 is 1.22 bits per heavy atom. The van der Waals surface area contributed by atoms with E-state index in [1.165, 1.54) is 37.7 Å². The van der Waals surface area contributed by atoms with E-state index in [1.54, 1.807) is 24.1 Å². The Labute approximate surface area is 160 Å². The average molecular weight is 391 g/mol. The van der Waals surface area contributed by atoms with E-state index in [4.69, 9.17) is 4.74 Å². The number of hydrogen-bond acceptors (Lipinski definition) is 5. The lowest BCUT2D eigenvalue weighted by Gasteiger charge is -2.19. The van der Waals surface area contributed by atoms with Crippen molar-refractivity contribution in [3.05, 3.63) is 48.3 Å². The smallest absolute Gasteiger partial charge is 0.262 e. The average Bonchev–Trinajstić information content (AvgIpc) is 2.67. The molecule has 0 aliphatic rings. The number of unbranched alkanes of at least 4 members (excludes halogenated alkanes) is 2. The number of aromatic nitrogens is 1. The molecule has 0 saturated carbocycles. The van der Waals surface area contributed by atoms with Gasteiger partial charge >= 0.3 is 0 Å². The molecule has 2 aromatic rings. The monoisotopic (exact) mass is 391 g/mol. The van der Waals surface area contributed by atoms with Crippen LogP contribution in [-0.2, 0) is 10.0 Å². The fourth-order valence-electron chi connectivity index (χ4n) is 2.58. The third-order valence-corrected chi connectivity index (χ3v) is 5.49.